The standard InChI is InChI=1S/C13H18N2O2/c1-13(2,14-3)12(16)15-8-9-17-11-7-5-4-6-10(11)15/h4-7,14H,8-9H2,1-3H3. The van der Waals surface area contributed by atoms with Crippen LogP contribution in [0.2, 0.25) is 0 Å². The van der Waals surface area contributed by atoms with E-state index >= 15 is 0 Å². The van der Waals surface area contributed by atoms with Crippen LogP contribution < -0.4 is 15.0 Å². The molecule has 1 N–H and O–H groups in total. The molecule has 0 saturated carbocycles. The van der Waals surface area contributed by atoms with Gasteiger partial charge in [-0.2, -0.15) is 0 Å². The van der Waals surface area contributed by atoms with Gasteiger partial charge in [0.25, 0.3) is 0 Å². The molecule has 0 aliphatic carbocycles. The lowest BCUT2D eigenvalue weighted by Crippen LogP contribution is -2.54. The van der Waals surface area contributed by atoms with Crippen molar-refractivity contribution < 1.29 is 9.53 Å². The van der Waals surface area contributed by atoms with Crippen LogP contribution in [0.15, 0.2) is 24.3 Å². The Morgan fingerprint density at radius 2 is 2.12 bits per heavy atom. The molecule has 1 aromatic carbocycles. The molecular formula is C13H18N2O2. The topological polar surface area (TPSA) is 41.6 Å². The number of fused-ring (bicyclic) bond motifs is 1. The van der Waals surface area contributed by atoms with Crippen molar-refractivity contribution in [1.82, 2.24) is 5.32 Å². The third-order valence-corrected chi connectivity index (χ3v) is 3.13. The summed E-state index contributed by atoms with van der Waals surface area (Å²) in [4.78, 5) is 14.2. The van der Waals surface area contributed by atoms with Gasteiger partial charge in [0.1, 0.15) is 12.4 Å². The maximum Gasteiger partial charge on any atom is 0.246 e. The average molecular weight is 234 g/mol. The number of hydrogen-bond acceptors (Lipinski definition) is 3. The molecule has 1 heterocycles. The first-order valence-electron chi connectivity index (χ1n) is 5.79. The lowest BCUT2D eigenvalue weighted by Gasteiger charge is -2.35. The van der Waals surface area contributed by atoms with Gasteiger partial charge in [-0.3, -0.25) is 4.79 Å². The molecule has 17 heavy (non-hydrogen) atoms. The summed E-state index contributed by atoms with van der Waals surface area (Å²) in [5.74, 6) is 0.842. The van der Waals surface area contributed by atoms with Crippen LogP contribution in [0, 0.1) is 0 Å². The van der Waals surface area contributed by atoms with Gasteiger partial charge in [0.15, 0.2) is 0 Å². The second-order valence-electron chi connectivity index (χ2n) is 4.65. The Morgan fingerprint density at radius 3 is 2.82 bits per heavy atom. The van der Waals surface area contributed by atoms with Gasteiger partial charge in [-0.25, -0.2) is 0 Å². The fourth-order valence-electron chi connectivity index (χ4n) is 1.82. The molecule has 1 aliphatic heterocycles. The zero-order valence-corrected chi connectivity index (χ0v) is 10.5. The lowest BCUT2D eigenvalue weighted by molar-refractivity contribution is -0.123. The Morgan fingerprint density at radius 1 is 1.41 bits per heavy atom. The maximum absolute atomic E-state index is 12.4. The molecule has 0 bridgehead atoms. The van der Waals surface area contributed by atoms with Crippen LogP contribution in [-0.4, -0.2) is 31.6 Å². The Balaban J connectivity index is 2.33. The first-order chi connectivity index (χ1) is 8.06. The quantitative estimate of drug-likeness (QED) is 0.841. The normalized spacial score (nSPS) is 15.1. The minimum Gasteiger partial charge on any atom is -0.490 e. The first-order valence-corrected chi connectivity index (χ1v) is 5.79. The van der Waals surface area contributed by atoms with E-state index in [4.69, 9.17) is 4.74 Å². The molecule has 0 spiro atoms. The van der Waals surface area contributed by atoms with Crippen molar-refractivity contribution in [2.45, 2.75) is 19.4 Å². The largest absolute Gasteiger partial charge is 0.490 e. The average Bonchev–Trinajstić information content (AvgIpc) is 2.37. The number of ether oxygens (including phenoxy) is 1. The number of nitrogens with one attached hydrogen (secondary N) is 1. The SMILES string of the molecule is CNC(C)(C)C(=O)N1CCOc2ccccc21. The van der Waals surface area contributed by atoms with Gasteiger partial charge >= 0.3 is 0 Å². The number of para-hydroxylation sites is 2. The van der Waals surface area contributed by atoms with Crippen molar-refractivity contribution in [3.63, 3.8) is 0 Å². The van der Waals surface area contributed by atoms with E-state index in [1.165, 1.54) is 0 Å². The summed E-state index contributed by atoms with van der Waals surface area (Å²) < 4.78 is 5.54. The summed E-state index contributed by atoms with van der Waals surface area (Å²) in [6.07, 6.45) is 0. The number of rotatable bonds is 2. The number of carbonyl (C=O) groups excluding carboxylic acids is 1. The van der Waals surface area contributed by atoms with Crippen molar-refractivity contribution in [3.05, 3.63) is 24.3 Å². The second kappa shape index (κ2) is 4.37. The smallest absolute Gasteiger partial charge is 0.246 e. The van der Waals surface area contributed by atoms with Crippen LogP contribution in [0.3, 0.4) is 0 Å². The zero-order valence-electron chi connectivity index (χ0n) is 10.5. The highest BCUT2D eigenvalue weighted by molar-refractivity contribution is 6.01. The molecule has 4 nitrogen and oxygen atoms in total. The molecule has 1 amide bonds. The monoisotopic (exact) mass is 234 g/mol. The van der Waals surface area contributed by atoms with Gasteiger partial charge in [-0.1, -0.05) is 12.1 Å². The molecular weight excluding hydrogens is 216 g/mol. The van der Waals surface area contributed by atoms with Gasteiger partial charge in [0, 0.05) is 0 Å². The summed E-state index contributed by atoms with van der Waals surface area (Å²) in [5.41, 5.74) is 0.289. The van der Waals surface area contributed by atoms with Crippen molar-refractivity contribution in [3.8, 4) is 5.75 Å². The van der Waals surface area contributed by atoms with Gasteiger partial charge < -0.3 is 15.0 Å². The Hall–Kier alpha value is -1.55. The number of anilines is 1. The fourth-order valence-corrected chi connectivity index (χ4v) is 1.82. The molecule has 92 valence electrons. The molecule has 0 radical (unpaired) electrons. The summed E-state index contributed by atoms with van der Waals surface area (Å²) in [7, 11) is 1.80. The van der Waals surface area contributed by atoms with Crippen LogP contribution in [-0.2, 0) is 4.79 Å². The van der Waals surface area contributed by atoms with E-state index < -0.39 is 5.54 Å². The summed E-state index contributed by atoms with van der Waals surface area (Å²) >= 11 is 0. The third-order valence-electron chi connectivity index (χ3n) is 3.13. The highest BCUT2D eigenvalue weighted by atomic mass is 16.5. The Kier molecular flexibility index (Phi) is 3.07. The van der Waals surface area contributed by atoms with Gasteiger partial charge in [0.2, 0.25) is 5.91 Å². The van der Waals surface area contributed by atoms with E-state index in [0.717, 1.165) is 11.4 Å². The molecule has 0 atom stereocenters. The van der Waals surface area contributed by atoms with Crippen LogP contribution in [0.5, 0.6) is 5.75 Å². The number of carbonyl (C=O) groups is 1. The van der Waals surface area contributed by atoms with Crippen LogP contribution in [0.25, 0.3) is 0 Å². The van der Waals surface area contributed by atoms with E-state index in [9.17, 15) is 4.79 Å². The van der Waals surface area contributed by atoms with E-state index in [0.29, 0.717) is 13.2 Å². The number of nitrogens with zero attached hydrogens (tertiary/aromatic N) is 1. The van der Waals surface area contributed by atoms with E-state index in [1.54, 1.807) is 11.9 Å². The molecule has 1 aromatic rings. The fraction of sp³-hybridized carbons (Fsp3) is 0.462. The summed E-state index contributed by atoms with van der Waals surface area (Å²) in [6.45, 7) is 4.91. The molecule has 4 heteroatoms. The predicted molar refractivity (Wildman–Crippen MR) is 67.4 cm³/mol. The Bertz CT molecular complexity index is 429. The highest BCUT2D eigenvalue weighted by Crippen LogP contribution is 2.32. The van der Waals surface area contributed by atoms with Crippen molar-refractivity contribution in [2.75, 3.05) is 25.1 Å². The summed E-state index contributed by atoms with van der Waals surface area (Å²) in [5, 5.41) is 3.04. The van der Waals surface area contributed by atoms with Crippen LogP contribution in [0.1, 0.15) is 13.8 Å². The number of hydrogen-bond donors (Lipinski definition) is 1. The van der Waals surface area contributed by atoms with E-state index in [1.807, 2.05) is 38.1 Å². The minimum absolute atomic E-state index is 0.0655. The molecule has 0 aromatic heterocycles. The van der Waals surface area contributed by atoms with Gasteiger partial charge in [-0.05, 0) is 33.0 Å². The predicted octanol–water partition coefficient (Wildman–Crippen LogP) is 1.41. The minimum atomic E-state index is -0.565. The van der Waals surface area contributed by atoms with Gasteiger partial charge in [-0.15, -0.1) is 0 Å². The first kappa shape index (κ1) is 11.9. The lowest BCUT2D eigenvalue weighted by atomic mass is 10.0. The number of benzene rings is 1. The van der Waals surface area contributed by atoms with Crippen LogP contribution >= 0.6 is 0 Å². The Labute approximate surface area is 102 Å². The third kappa shape index (κ3) is 2.13. The molecule has 2 rings (SSSR count). The van der Waals surface area contributed by atoms with Gasteiger partial charge in [0.05, 0.1) is 17.8 Å². The molecule has 0 fully saturated rings. The highest BCUT2D eigenvalue weighted by Gasteiger charge is 2.33. The van der Waals surface area contributed by atoms with Crippen molar-refractivity contribution in [1.29, 1.82) is 0 Å². The second-order valence-corrected chi connectivity index (χ2v) is 4.65. The molecule has 0 saturated heterocycles. The van der Waals surface area contributed by atoms with Crippen molar-refractivity contribution >= 4 is 11.6 Å². The zero-order chi connectivity index (χ0) is 12.5. The summed E-state index contributed by atoms with van der Waals surface area (Å²) in [6, 6.07) is 7.63. The van der Waals surface area contributed by atoms with Crippen molar-refractivity contribution in [2.24, 2.45) is 0 Å². The maximum atomic E-state index is 12.4. The number of amides is 1. The molecule has 1 aliphatic rings. The van der Waals surface area contributed by atoms with E-state index in [-0.39, 0.29) is 5.91 Å². The molecule has 0 unspecified atom stereocenters. The van der Waals surface area contributed by atoms with Crippen LogP contribution in [0.4, 0.5) is 5.69 Å². The van der Waals surface area contributed by atoms with E-state index in [2.05, 4.69) is 5.32 Å². The number of likely N-dealkylation sites (N-methyl/N-ethyl adjacent to an activating group) is 1.